The molecule has 4 aliphatic carbocycles. The second-order valence-corrected chi connectivity index (χ2v) is 7.36. The van der Waals surface area contributed by atoms with Gasteiger partial charge < -0.3 is 10.0 Å². The molecule has 1 heterocycles. The fourth-order valence-corrected chi connectivity index (χ4v) is 5.30. The fourth-order valence-electron chi connectivity index (χ4n) is 5.30. The molecule has 1 aromatic carbocycles. The minimum Gasteiger partial charge on any atom is -0.481 e. The van der Waals surface area contributed by atoms with Crippen LogP contribution in [0.5, 0.6) is 0 Å². The van der Waals surface area contributed by atoms with Gasteiger partial charge in [-0.2, -0.15) is 0 Å². The van der Waals surface area contributed by atoms with Crippen molar-refractivity contribution in [2.24, 2.45) is 35.5 Å². The first kappa shape index (κ1) is 13.3. The Balaban J connectivity index is 1.52. The highest BCUT2D eigenvalue weighted by molar-refractivity contribution is 5.99. The molecule has 6 atom stereocenters. The topological polar surface area (TPSA) is 57.6 Å². The molecule has 1 amide bonds. The van der Waals surface area contributed by atoms with Crippen LogP contribution in [0.15, 0.2) is 36.4 Å². The number of carbonyl (C=O) groups is 2. The Morgan fingerprint density at radius 3 is 2.48 bits per heavy atom. The number of allylic oxidation sites excluding steroid dienone is 2. The summed E-state index contributed by atoms with van der Waals surface area (Å²) in [6, 6.07) is 7.98. The second-order valence-electron chi connectivity index (χ2n) is 7.36. The highest BCUT2D eigenvalue weighted by Gasteiger charge is 2.63. The van der Waals surface area contributed by atoms with E-state index in [1.165, 1.54) is 5.56 Å². The van der Waals surface area contributed by atoms with E-state index in [4.69, 9.17) is 0 Å². The van der Waals surface area contributed by atoms with Crippen molar-refractivity contribution in [2.45, 2.75) is 12.8 Å². The Morgan fingerprint density at radius 1 is 1.04 bits per heavy atom. The molecule has 1 aliphatic heterocycles. The minimum atomic E-state index is -0.805. The number of carboxylic acid groups (broad SMARTS) is 1. The first-order valence-electron chi connectivity index (χ1n) is 8.47. The van der Waals surface area contributed by atoms with E-state index in [1.54, 1.807) is 0 Å². The lowest BCUT2D eigenvalue weighted by Gasteiger charge is -2.43. The van der Waals surface area contributed by atoms with Crippen molar-refractivity contribution in [3.63, 3.8) is 0 Å². The summed E-state index contributed by atoms with van der Waals surface area (Å²) in [6.07, 6.45) is 6.15. The number of hydrogen-bond acceptors (Lipinski definition) is 2. The third-order valence-corrected chi connectivity index (χ3v) is 6.38. The van der Waals surface area contributed by atoms with Gasteiger partial charge in [-0.25, -0.2) is 0 Å². The quantitative estimate of drug-likeness (QED) is 0.853. The van der Waals surface area contributed by atoms with E-state index in [-0.39, 0.29) is 17.7 Å². The van der Waals surface area contributed by atoms with Crippen molar-refractivity contribution in [2.75, 3.05) is 11.4 Å². The molecule has 2 bridgehead atoms. The summed E-state index contributed by atoms with van der Waals surface area (Å²) in [7, 11) is 0. The van der Waals surface area contributed by atoms with Crippen molar-refractivity contribution in [3.8, 4) is 0 Å². The van der Waals surface area contributed by atoms with Crippen LogP contribution in [0.25, 0.3) is 0 Å². The number of anilines is 1. The molecule has 6 rings (SSSR count). The summed E-state index contributed by atoms with van der Waals surface area (Å²) in [5.74, 6) is -0.520. The molecule has 1 N–H and O–H groups in total. The molecule has 4 heteroatoms. The Morgan fingerprint density at radius 2 is 1.74 bits per heavy atom. The van der Waals surface area contributed by atoms with Crippen LogP contribution in [0.1, 0.15) is 12.0 Å². The highest BCUT2D eigenvalue weighted by Crippen LogP contribution is 2.64. The number of carbonyl (C=O) groups excluding carboxylic acids is 1. The molecule has 2 fully saturated rings. The van der Waals surface area contributed by atoms with Crippen LogP contribution in [0, 0.1) is 35.5 Å². The highest BCUT2D eigenvalue weighted by atomic mass is 16.4. The van der Waals surface area contributed by atoms with Gasteiger partial charge >= 0.3 is 5.97 Å². The van der Waals surface area contributed by atoms with Crippen LogP contribution in [0.2, 0.25) is 0 Å². The van der Waals surface area contributed by atoms with Gasteiger partial charge in [0.1, 0.15) is 0 Å². The van der Waals surface area contributed by atoms with E-state index in [0.29, 0.717) is 18.4 Å². The second kappa shape index (κ2) is 4.47. The molecule has 2 saturated carbocycles. The van der Waals surface area contributed by atoms with Crippen molar-refractivity contribution < 1.29 is 14.7 Å². The average Bonchev–Trinajstić information content (AvgIpc) is 3.28. The molecular formula is C19H19NO3. The molecule has 23 heavy (non-hydrogen) atoms. The molecule has 118 valence electrons. The number of aliphatic carboxylic acids is 1. The molecular weight excluding hydrogens is 290 g/mol. The number of benzene rings is 1. The van der Waals surface area contributed by atoms with E-state index in [9.17, 15) is 14.7 Å². The van der Waals surface area contributed by atoms with Gasteiger partial charge in [0.25, 0.3) is 0 Å². The summed E-state index contributed by atoms with van der Waals surface area (Å²) in [5, 5.41) is 9.75. The van der Waals surface area contributed by atoms with Crippen molar-refractivity contribution in [1.82, 2.24) is 0 Å². The fraction of sp³-hybridized carbons (Fsp3) is 0.474. The van der Waals surface area contributed by atoms with E-state index < -0.39 is 17.8 Å². The van der Waals surface area contributed by atoms with Gasteiger partial charge in [-0.15, -0.1) is 0 Å². The summed E-state index contributed by atoms with van der Waals surface area (Å²) in [6.45, 7) is 0.677. The van der Waals surface area contributed by atoms with Gasteiger partial charge in [-0.1, -0.05) is 30.4 Å². The molecule has 5 aliphatic rings. The predicted octanol–water partition coefficient (Wildman–Crippen LogP) is 2.34. The molecule has 0 spiro atoms. The number of nitrogens with zero attached hydrogens (tertiary/aromatic N) is 1. The van der Waals surface area contributed by atoms with E-state index in [2.05, 4.69) is 18.2 Å². The number of fused-ring (bicyclic) bond motifs is 2. The van der Waals surface area contributed by atoms with E-state index >= 15 is 0 Å². The van der Waals surface area contributed by atoms with Gasteiger partial charge in [0.2, 0.25) is 5.91 Å². The number of rotatable bonds is 2. The zero-order valence-electron chi connectivity index (χ0n) is 12.8. The summed E-state index contributed by atoms with van der Waals surface area (Å²) in [4.78, 5) is 27.0. The molecule has 4 nitrogen and oxygen atoms in total. The maximum atomic E-state index is 13.3. The third-order valence-electron chi connectivity index (χ3n) is 6.38. The molecule has 0 unspecified atom stereocenters. The first-order chi connectivity index (χ1) is 11.2. The summed E-state index contributed by atoms with van der Waals surface area (Å²) in [5.41, 5.74) is 2.16. The van der Waals surface area contributed by atoms with Crippen LogP contribution in [0.4, 0.5) is 5.69 Å². The summed E-state index contributed by atoms with van der Waals surface area (Å²) < 4.78 is 0. The summed E-state index contributed by atoms with van der Waals surface area (Å²) >= 11 is 0. The smallest absolute Gasteiger partial charge is 0.307 e. The van der Waals surface area contributed by atoms with E-state index in [0.717, 1.165) is 18.5 Å². The SMILES string of the molecule is O=C(O)[C@H]1[C@@H]2C=C[C@H]([C@H]3C[C@H]23)[C@H]1C(=O)N1CCc2ccccc21. The molecule has 0 saturated heterocycles. The Bertz CT molecular complexity index is 740. The van der Waals surface area contributed by atoms with Crippen LogP contribution in [-0.4, -0.2) is 23.5 Å². The minimum absolute atomic E-state index is 0.0204. The monoisotopic (exact) mass is 309 g/mol. The van der Waals surface area contributed by atoms with Crippen molar-refractivity contribution in [1.29, 1.82) is 0 Å². The standard InChI is InChI=1S/C19H19NO3/c21-18(20-8-7-10-3-1-2-4-15(10)20)16-11-5-6-12(14-9-13(11)14)17(16)19(22)23/h1-6,11-14,16-17H,7-9H2,(H,22,23)/t11-,12-,13-,14-,16-,17+/m1/s1. The maximum Gasteiger partial charge on any atom is 0.307 e. The average molecular weight is 309 g/mol. The zero-order valence-corrected chi connectivity index (χ0v) is 12.8. The lowest BCUT2D eigenvalue weighted by molar-refractivity contribution is -0.152. The van der Waals surface area contributed by atoms with Gasteiger partial charge in [0.05, 0.1) is 11.8 Å². The number of para-hydroxylation sites is 1. The van der Waals surface area contributed by atoms with Crippen LogP contribution < -0.4 is 4.90 Å². The zero-order chi connectivity index (χ0) is 15.7. The van der Waals surface area contributed by atoms with Crippen LogP contribution in [0.3, 0.4) is 0 Å². The molecule has 0 aromatic heterocycles. The van der Waals surface area contributed by atoms with Crippen molar-refractivity contribution in [3.05, 3.63) is 42.0 Å². The van der Waals surface area contributed by atoms with Gasteiger partial charge in [-0.05, 0) is 48.1 Å². The molecule has 0 radical (unpaired) electrons. The van der Waals surface area contributed by atoms with Crippen LogP contribution in [-0.2, 0) is 16.0 Å². The van der Waals surface area contributed by atoms with Gasteiger partial charge in [0, 0.05) is 12.2 Å². The lowest BCUT2D eigenvalue weighted by atomic mass is 9.62. The number of amides is 1. The van der Waals surface area contributed by atoms with Gasteiger partial charge in [0.15, 0.2) is 0 Å². The van der Waals surface area contributed by atoms with Crippen molar-refractivity contribution >= 4 is 17.6 Å². The Hall–Kier alpha value is -2.10. The lowest BCUT2D eigenvalue weighted by Crippen LogP contribution is -2.51. The third kappa shape index (κ3) is 1.72. The maximum absolute atomic E-state index is 13.3. The molecule has 1 aromatic rings. The van der Waals surface area contributed by atoms with Gasteiger partial charge in [-0.3, -0.25) is 9.59 Å². The first-order valence-corrected chi connectivity index (χ1v) is 8.47. The Kier molecular flexibility index (Phi) is 2.59. The van der Waals surface area contributed by atoms with E-state index in [1.807, 2.05) is 23.1 Å². The van der Waals surface area contributed by atoms with Crippen LogP contribution >= 0.6 is 0 Å². The Labute approximate surface area is 134 Å². The predicted molar refractivity (Wildman–Crippen MR) is 84.8 cm³/mol. The normalized spacial score (nSPS) is 39.0. The largest absolute Gasteiger partial charge is 0.481 e. The number of carboxylic acids is 1. The number of hydrogen-bond donors (Lipinski definition) is 1.